The van der Waals surface area contributed by atoms with E-state index in [0.29, 0.717) is 19.7 Å². The third-order valence-corrected chi connectivity index (χ3v) is 3.73. The first kappa shape index (κ1) is 12.9. The van der Waals surface area contributed by atoms with Gasteiger partial charge < -0.3 is 10.5 Å². The van der Waals surface area contributed by atoms with Gasteiger partial charge in [-0.25, -0.2) is 4.72 Å². The summed E-state index contributed by atoms with van der Waals surface area (Å²) in [6.45, 7) is 1.60. The maximum atomic E-state index is 11.4. The summed E-state index contributed by atoms with van der Waals surface area (Å²) in [4.78, 5) is 0. The summed E-state index contributed by atoms with van der Waals surface area (Å²) in [5.41, 5.74) is 5.55. The lowest BCUT2D eigenvalue weighted by atomic mass is 10.1. The van der Waals surface area contributed by atoms with Crippen LogP contribution in [0.15, 0.2) is 0 Å². The Labute approximate surface area is 90.7 Å². The number of ether oxygens (including phenoxy) is 1. The highest BCUT2D eigenvalue weighted by atomic mass is 32.2. The van der Waals surface area contributed by atoms with E-state index in [-0.39, 0.29) is 12.0 Å². The van der Waals surface area contributed by atoms with Crippen molar-refractivity contribution in [2.24, 2.45) is 11.1 Å². The van der Waals surface area contributed by atoms with E-state index in [4.69, 9.17) is 10.5 Å². The van der Waals surface area contributed by atoms with Crippen LogP contribution in [-0.2, 0) is 14.9 Å². The summed E-state index contributed by atoms with van der Waals surface area (Å²) in [7, 11) is -1.87. The highest BCUT2D eigenvalue weighted by Crippen LogP contribution is 2.43. The van der Waals surface area contributed by atoms with Gasteiger partial charge >= 0.3 is 0 Å². The molecule has 0 bridgehead atoms. The Morgan fingerprint density at radius 3 is 2.53 bits per heavy atom. The normalized spacial score (nSPS) is 19.1. The predicted molar refractivity (Wildman–Crippen MR) is 57.5 cm³/mol. The van der Waals surface area contributed by atoms with Gasteiger partial charge in [-0.15, -0.1) is 0 Å². The van der Waals surface area contributed by atoms with Crippen LogP contribution in [0.4, 0.5) is 0 Å². The van der Waals surface area contributed by atoms with E-state index in [9.17, 15) is 8.42 Å². The van der Waals surface area contributed by atoms with Gasteiger partial charge in [0.1, 0.15) is 0 Å². The van der Waals surface area contributed by atoms with Gasteiger partial charge in [0, 0.05) is 20.2 Å². The Morgan fingerprint density at radius 1 is 1.40 bits per heavy atom. The Hall–Kier alpha value is -0.210. The average Bonchev–Trinajstić information content (AvgIpc) is 2.96. The van der Waals surface area contributed by atoms with Gasteiger partial charge in [0.05, 0.1) is 6.61 Å². The number of methoxy groups -OCH3 is 1. The van der Waals surface area contributed by atoms with Crippen molar-refractivity contribution in [2.75, 3.05) is 33.4 Å². The molecule has 1 aliphatic rings. The molecule has 0 amide bonds. The number of hydrogen-bond acceptors (Lipinski definition) is 4. The minimum Gasteiger partial charge on any atom is -0.383 e. The molecule has 0 aromatic carbocycles. The highest BCUT2D eigenvalue weighted by Gasteiger charge is 2.41. The molecule has 0 atom stereocenters. The van der Waals surface area contributed by atoms with Crippen molar-refractivity contribution in [3.63, 3.8) is 0 Å². The van der Waals surface area contributed by atoms with Gasteiger partial charge in [-0.1, -0.05) is 0 Å². The van der Waals surface area contributed by atoms with E-state index < -0.39 is 10.2 Å². The Balaban J connectivity index is 2.24. The molecule has 1 rings (SSSR count). The van der Waals surface area contributed by atoms with Crippen molar-refractivity contribution in [1.82, 2.24) is 9.44 Å². The number of nitrogens with one attached hydrogen (secondary N) is 2. The van der Waals surface area contributed by atoms with Gasteiger partial charge in [0.15, 0.2) is 0 Å². The SMILES string of the molecule is COCCNS(=O)(=O)NCC1(CN)CC1. The van der Waals surface area contributed by atoms with E-state index in [0.717, 1.165) is 12.8 Å². The first-order valence-electron chi connectivity index (χ1n) is 4.97. The van der Waals surface area contributed by atoms with Gasteiger partial charge in [-0.05, 0) is 24.8 Å². The number of rotatable bonds is 8. The minimum absolute atomic E-state index is 0.00993. The summed E-state index contributed by atoms with van der Waals surface area (Å²) >= 11 is 0. The fourth-order valence-corrected chi connectivity index (χ4v) is 2.16. The Kier molecular flexibility index (Phi) is 4.47. The van der Waals surface area contributed by atoms with E-state index in [1.807, 2.05) is 0 Å². The van der Waals surface area contributed by atoms with Crippen LogP contribution in [0, 0.1) is 5.41 Å². The molecule has 0 spiro atoms. The maximum absolute atomic E-state index is 11.4. The summed E-state index contributed by atoms with van der Waals surface area (Å²) in [6.07, 6.45) is 2.01. The molecule has 0 heterocycles. The second-order valence-corrected chi connectivity index (χ2v) is 5.50. The van der Waals surface area contributed by atoms with Crippen LogP contribution >= 0.6 is 0 Å². The first-order chi connectivity index (χ1) is 7.04. The van der Waals surface area contributed by atoms with E-state index in [2.05, 4.69) is 9.44 Å². The van der Waals surface area contributed by atoms with Crippen LogP contribution < -0.4 is 15.2 Å². The smallest absolute Gasteiger partial charge is 0.277 e. The third-order valence-electron chi connectivity index (χ3n) is 2.63. The minimum atomic E-state index is -3.39. The Bertz CT molecular complexity index is 288. The van der Waals surface area contributed by atoms with Gasteiger partial charge in [-0.2, -0.15) is 13.1 Å². The maximum Gasteiger partial charge on any atom is 0.277 e. The third kappa shape index (κ3) is 4.43. The van der Waals surface area contributed by atoms with Crippen molar-refractivity contribution < 1.29 is 13.2 Å². The lowest BCUT2D eigenvalue weighted by molar-refractivity contribution is 0.204. The predicted octanol–water partition coefficient (Wildman–Crippen LogP) is -1.20. The molecule has 1 aliphatic carbocycles. The molecule has 7 heteroatoms. The van der Waals surface area contributed by atoms with Crippen molar-refractivity contribution in [1.29, 1.82) is 0 Å². The van der Waals surface area contributed by atoms with Crippen molar-refractivity contribution in [3.05, 3.63) is 0 Å². The van der Waals surface area contributed by atoms with Crippen LogP contribution in [0.25, 0.3) is 0 Å². The van der Waals surface area contributed by atoms with Crippen molar-refractivity contribution in [2.45, 2.75) is 12.8 Å². The molecule has 4 N–H and O–H groups in total. The lowest BCUT2D eigenvalue weighted by Gasteiger charge is -2.13. The highest BCUT2D eigenvalue weighted by molar-refractivity contribution is 7.87. The van der Waals surface area contributed by atoms with Crippen molar-refractivity contribution >= 4 is 10.2 Å². The van der Waals surface area contributed by atoms with Crippen LogP contribution in [0.5, 0.6) is 0 Å². The molecule has 0 saturated heterocycles. The van der Waals surface area contributed by atoms with Crippen LogP contribution in [0.2, 0.25) is 0 Å². The van der Waals surface area contributed by atoms with E-state index in [1.165, 1.54) is 7.11 Å². The first-order valence-corrected chi connectivity index (χ1v) is 6.45. The number of hydrogen-bond donors (Lipinski definition) is 3. The quantitative estimate of drug-likeness (QED) is 0.462. The molecule has 1 saturated carbocycles. The lowest BCUT2D eigenvalue weighted by Crippen LogP contribution is -2.42. The molecular weight excluding hydrogens is 218 g/mol. The number of nitrogens with two attached hydrogens (primary N) is 1. The van der Waals surface area contributed by atoms with Gasteiger partial charge in [0.2, 0.25) is 0 Å². The van der Waals surface area contributed by atoms with Crippen LogP contribution in [-0.4, -0.2) is 41.8 Å². The second-order valence-electron chi connectivity index (χ2n) is 3.92. The van der Waals surface area contributed by atoms with Gasteiger partial charge in [0.25, 0.3) is 10.2 Å². The fourth-order valence-electron chi connectivity index (χ4n) is 1.21. The Morgan fingerprint density at radius 2 is 2.07 bits per heavy atom. The van der Waals surface area contributed by atoms with E-state index >= 15 is 0 Å². The second kappa shape index (κ2) is 5.22. The zero-order chi connectivity index (χ0) is 11.4. The molecule has 15 heavy (non-hydrogen) atoms. The molecule has 0 aliphatic heterocycles. The average molecular weight is 237 g/mol. The zero-order valence-electron chi connectivity index (χ0n) is 8.95. The molecule has 0 unspecified atom stereocenters. The topological polar surface area (TPSA) is 93.4 Å². The van der Waals surface area contributed by atoms with Crippen LogP contribution in [0.1, 0.15) is 12.8 Å². The van der Waals surface area contributed by atoms with E-state index in [1.54, 1.807) is 0 Å². The summed E-state index contributed by atoms with van der Waals surface area (Å²) in [5.74, 6) is 0. The monoisotopic (exact) mass is 237 g/mol. The molecule has 0 aromatic rings. The standard InChI is InChI=1S/C8H19N3O3S/c1-14-5-4-10-15(12,13)11-7-8(6-9)2-3-8/h10-11H,2-7,9H2,1H3. The zero-order valence-corrected chi connectivity index (χ0v) is 9.77. The van der Waals surface area contributed by atoms with Crippen LogP contribution in [0.3, 0.4) is 0 Å². The molecule has 6 nitrogen and oxygen atoms in total. The molecule has 0 aromatic heterocycles. The molecular formula is C8H19N3O3S. The molecule has 0 radical (unpaired) electrons. The summed E-state index contributed by atoms with van der Waals surface area (Å²) in [5, 5.41) is 0. The summed E-state index contributed by atoms with van der Waals surface area (Å²) < 4.78 is 32.4. The molecule has 1 fully saturated rings. The fraction of sp³-hybridized carbons (Fsp3) is 1.00. The van der Waals surface area contributed by atoms with Gasteiger partial charge in [-0.3, -0.25) is 0 Å². The molecule has 90 valence electrons. The largest absolute Gasteiger partial charge is 0.383 e. The van der Waals surface area contributed by atoms with Crippen molar-refractivity contribution in [3.8, 4) is 0 Å². The summed E-state index contributed by atoms with van der Waals surface area (Å²) in [6, 6.07) is 0.